The van der Waals surface area contributed by atoms with Gasteiger partial charge in [-0.2, -0.15) is 0 Å². The van der Waals surface area contributed by atoms with Crippen molar-refractivity contribution in [2.24, 2.45) is 11.5 Å². The van der Waals surface area contributed by atoms with E-state index in [1.807, 2.05) is 0 Å². The van der Waals surface area contributed by atoms with Crippen LogP contribution in [0, 0.1) is 0 Å². The van der Waals surface area contributed by atoms with Crippen molar-refractivity contribution in [2.75, 3.05) is 6.54 Å². The standard InChI is InChI=1S/C10H19N3O3/c1-7(10(15)16)6-13-9(14)8(12)4-2-3-5-11/h6,8H,2-5,11-12H2,1H3,(H,13,14)(H,15,16)/t8-/m0/s1. The highest BCUT2D eigenvalue weighted by atomic mass is 16.4. The van der Waals surface area contributed by atoms with Gasteiger partial charge in [0.05, 0.1) is 6.04 Å². The summed E-state index contributed by atoms with van der Waals surface area (Å²) in [5, 5.41) is 10.9. The lowest BCUT2D eigenvalue weighted by atomic mass is 10.1. The molecule has 1 atom stereocenters. The van der Waals surface area contributed by atoms with Gasteiger partial charge >= 0.3 is 5.97 Å². The second kappa shape index (κ2) is 7.84. The summed E-state index contributed by atoms with van der Waals surface area (Å²) < 4.78 is 0. The molecule has 0 aromatic heterocycles. The smallest absolute Gasteiger partial charge is 0.332 e. The van der Waals surface area contributed by atoms with Crippen LogP contribution in [0.4, 0.5) is 0 Å². The first-order valence-electron chi connectivity index (χ1n) is 5.15. The fourth-order valence-corrected chi connectivity index (χ4v) is 0.988. The molecule has 0 radical (unpaired) electrons. The average molecular weight is 229 g/mol. The third-order valence-corrected chi connectivity index (χ3v) is 2.07. The highest BCUT2D eigenvalue weighted by Gasteiger charge is 2.11. The molecule has 6 nitrogen and oxygen atoms in total. The molecule has 0 fully saturated rings. The monoisotopic (exact) mass is 229 g/mol. The Bertz CT molecular complexity index is 276. The van der Waals surface area contributed by atoms with Gasteiger partial charge in [-0.25, -0.2) is 4.79 Å². The molecule has 0 aliphatic carbocycles. The number of carboxylic acids is 1. The van der Waals surface area contributed by atoms with Crippen molar-refractivity contribution in [3.05, 3.63) is 11.8 Å². The van der Waals surface area contributed by atoms with Crippen LogP contribution in [0.2, 0.25) is 0 Å². The molecule has 0 saturated carbocycles. The van der Waals surface area contributed by atoms with Crippen LogP contribution < -0.4 is 16.8 Å². The fraction of sp³-hybridized carbons (Fsp3) is 0.600. The maximum Gasteiger partial charge on any atom is 0.332 e. The number of aliphatic carboxylic acids is 1. The molecule has 0 heterocycles. The van der Waals surface area contributed by atoms with Gasteiger partial charge < -0.3 is 21.9 Å². The van der Waals surface area contributed by atoms with Crippen molar-refractivity contribution < 1.29 is 14.7 Å². The molecule has 6 heteroatoms. The van der Waals surface area contributed by atoms with Gasteiger partial charge in [0.25, 0.3) is 0 Å². The lowest BCUT2D eigenvalue weighted by molar-refractivity contribution is -0.132. The summed E-state index contributed by atoms with van der Waals surface area (Å²) >= 11 is 0. The normalized spacial score (nSPS) is 13.3. The minimum atomic E-state index is -1.07. The highest BCUT2D eigenvalue weighted by Crippen LogP contribution is 1.98. The maximum atomic E-state index is 11.4. The van der Waals surface area contributed by atoms with Gasteiger partial charge in [0.15, 0.2) is 0 Å². The number of hydrogen-bond acceptors (Lipinski definition) is 4. The molecular weight excluding hydrogens is 210 g/mol. The van der Waals surface area contributed by atoms with Gasteiger partial charge in [0.2, 0.25) is 5.91 Å². The van der Waals surface area contributed by atoms with Crippen LogP contribution in [0.25, 0.3) is 0 Å². The van der Waals surface area contributed by atoms with E-state index in [4.69, 9.17) is 16.6 Å². The lowest BCUT2D eigenvalue weighted by Gasteiger charge is -2.09. The second-order valence-corrected chi connectivity index (χ2v) is 3.53. The average Bonchev–Trinajstić information content (AvgIpc) is 2.25. The van der Waals surface area contributed by atoms with Gasteiger partial charge in [-0.1, -0.05) is 6.42 Å². The zero-order valence-electron chi connectivity index (χ0n) is 9.40. The Kier molecular flexibility index (Phi) is 7.15. The van der Waals surface area contributed by atoms with Crippen LogP contribution in [0.15, 0.2) is 11.8 Å². The van der Waals surface area contributed by atoms with E-state index in [1.54, 1.807) is 0 Å². The quantitative estimate of drug-likeness (QED) is 0.348. The Hall–Kier alpha value is -1.40. The van der Waals surface area contributed by atoms with Crippen molar-refractivity contribution in [3.63, 3.8) is 0 Å². The van der Waals surface area contributed by atoms with Gasteiger partial charge in [-0.15, -0.1) is 0 Å². The second-order valence-electron chi connectivity index (χ2n) is 3.53. The van der Waals surface area contributed by atoms with Crippen LogP contribution in [0.5, 0.6) is 0 Å². The summed E-state index contributed by atoms with van der Waals surface area (Å²) in [6.45, 7) is 1.97. The number of hydrogen-bond donors (Lipinski definition) is 4. The van der Waals surface area contributed by atoms with Gasteiger partial charge in [0.1, 0.15) is 0 Å². The van der Waals surface area contributed by atoms with E-state index in [9.17, 15) is 9.59 Å². The molecule has 92 valence electrons. The number of rotatable bonds is 7. The molecule has 0 rings (SSSR count). The molecule has 0 unspecified atom stereocenters. The zero-order valence-corrected chi connectivity index (χ0v) is 9.40. The van der Waals surface area contributed by atoms with E-state index in [2.05, 4.69) is 5.32 Å². The van der Waals surface area contributed by atoms with Crippen molar-refractivity contribution in [3.8, 4) is 0 Å². The van der Waals surface area contributed by atoms with Gasteiger partial charge in [0, 0.05) is 11.8 Å². The molecule has 0 bridgehead atoms. The summed E-state index contributed by atoms with van der Waals surface area (Å²) in [6, 6.07) is -0.621. The van der Waals surface area contributed by atoms with Crippen molar-refractivity contribution >= 4 is 11.9 Å². The molecule has 0 aliphatic heterocycles. The number of nitrogens with one attached hydrogen (secondary N) is 1. The fourth-order valence-electron chi connectivity index (χ4n) is 0.988. The number of amides is 1. The first kappa shape index (κ1) is 14.6. The molecule has 0 aromatic carbocycles. The molecular formula is C10H19N3O3. The highest BCUT2D eigenvalue weighted by molar-refractivity contribution is 5.88. The molecule has 0 aromatic rings. The third-order valence-electron chi connectivity index (χ3n) is 2.07. The molecule has 6 N–H and O–H groups in total. The Labute approximate surface area is 94.7 Å². The molecule has 0 saturated heterocycles. The minimum absolute atomic E-state index is 0.0579. The Morgan fingerprint density at radius 1 is 1.44 bits per heavy atom. The van der Waals surface area contributed by atoms with Crippen molar-refractivity contribution in [1.82, 2.24) is 5.32 Å². The first-order chi connectivity index (χ1) is 7.49. The molecule has 0 spiro atoms. The predicted molar refractivity (Wildman–Crippen MR) is 60.4 cm³/mol. The molecule has 1 amide bonds. The van der Waals surface area contributed by atoms with E-state index in [0.29, 0.717) is 13.0 Å². The third kappa shape index (κ3) is 6.15. The predicted octanol–water partition coefficient (Wildman–Crippen LogP) is -0.453. The number of unbranched alkanes of at least 4 members (excludes halogenated alkanes) is 1. The van der Waals surface area contributed by atoms with Gasteiger partial charge in [-0.3, -0.25) is 4.79 Å². The van der Waals surface area contributed by atoms with Crippen LogP contribution in [0.3, 0.4) is 0 Å². The summed E-state index contributed by atoms with van der Waals surface area (Å²) in [7, 11) is 0. The van der Waals surface area contributed by atoms with Gasteiger partial charge in [-0.05, 0) is 26.3 Å². The topological polar surface area (TPSA) is 118 Å². The largest absolute Gasteiger partial charge is 0.478 e. The Morgan fingerprint density at radius 3 is 2.56 bits per heavy atom. The SMILES string of the molecule is CC(=CNC(=O)[C@@H](N)CCCCN)C(=O)O. The van der Waals surface area contributed by atoms with Crippen LogP contribution in [-0.4, -0.2) is 29.6 Å². The van der Waals surface area contributed by atoms with Crippen LogP contribution >= 0.6 is 0 Å². The lowest BCUT2D eigenvalue weighted by Crippen LogP contribution is -2.38. The van der Waals surface area contributed by atoms with E-state index < -0.39 is 12.0 Å². The summed E-state index contributed by atoms with van der Waals surface area (Å²) in [6.07, 6.45) is 3.30. The van der Waals surface area contributed by atoms with E-state index in [0.717, 1.165) is 19.0 Å². The minimum Gasteiger partial charge on any atom is -0.478 e. The van der Waals surface area contributed by atoms with E-state index in [1.165, 1.54) is 6.92 Å². The van der Waals surface area contributed by atoms with Crippen LogP contribution in [-0.2, 0) is 9.59 Å². The Balaban J connectivity index is 3.96. The van der Waals surface area contributed by atoms with Crippen LogP contribution in [0.1, 0.15) is 26.2 Å². The number of carbonyl (C=O) groups is 2. The maximum absolute atomic E-state index is 11.4. The molecule has 16 heavy (non-hydrogen) atoms. The summed E-state index contributed by atoms with van der Waals surface area (Å²) in [4.78, 5) is 21.8. The van der Waals surface area contributed by atoms with Crippen molar-refractivity contribution in [1.29, 1.82) is 0 Å². The van der Waals surface area contributed by atoms with E-state index >= 15 is 0 Å². The number of carboxylic acid groups (broad SMARTS) is 1. The molecule has 0 aliphatic rings. The summed E-state index contributed by atoms with van der Waals surface area (Å²) in [5.74, 6) is -1.45. The first-order valence-corrected chi connectivity index (χ1v) is 5.15. The zero-order chi connectivity index (χ0) is 12.6. The number of carbonyl (C=O) groups excluding carboxylic acids is 1. The number of nitrogens with two attached hydrogens (primary N) is 2. The summed E-state index contributed by atoms with van der Waals surface area (Å²) in [5.41, 5.74) is 11.0. The van der Waals surface area contributed by atoms with Crippen molar-refractivity contribution in [2.45, 2.75) is 32.2 Å². The van der Waals surface area contributed by atoms with E-state index in [-0.39, 0.29) is 11.5 Å². The Morgan fingerprint density at radius 2 is 2.06 bits per heavy atom.